The highest BCUT2D eigenvalue weighted by atomic mass is 16.7. The Hall–Kier alpha value is -2.18. The molecule has 3 aliphatic rings. The second-order valence-electron chi connectivity index (χ2n) is 9.01. The number of allylic oxidation sites excluding steroid dienone is 5. The van der Waals surface area contributed by atoms with Crippen molar-refractivity contribution in [3.8, 4) is 0 Å². The molecule has 0 aromatic heterocycles. The maximum atomic E-state index is 12.4. The molecule has 0 bridgehead atoms. The Morgan fingerprint density at radius 1 is 1.21 bits per heavy atom. The third kappa shape index (κ3) is 3.38. The average molecular weight is 402 g/mol. The van der Waals surface area contributed by atoms with Crippen LogP contribution in [0.15, 0.2) is 48.1 Å². The zero-order valence-corrected chi connectivity index (χ0v) is 17.4. The van der Waals surface area contributed by atoms with Crippen molar-refractivity contribution in [3.05, 3.63) is 48.1 Å². The molecule has 158 valence electrons. The molecule has 1 saturated carbocycles. The molecule has 6 heteroatoms. The van der Waals surface area contributed by atoms with E-state index < -0.39 is 35.3 Å². The van der Waals surface area contributed by atoms with Crippen molar-refractivity contribution in [2.24, 2.45) is 16.7 Å². The van der Waals surface area contributed by atoms with Crippen molar-refractivity contribution in [2.45, 2.75) is 65.0 Å². The van der Waals surface area contributed by atoms with Crippen molar-refractivity contribution in [1.82, 2.24) is 0 Å². The van der Waals surface area contributed by atoms with Gasteiger partial charge in [-0.05, 0) is 31.3 Å². The van der Waals surface area contributed by atoms with Gasteiger partial charge in [0.2, 0.25) is 6.29 Å². The lowest BCUT2D eigenvalue weighted by Crippen LogP contribution is -2.66. The maximum absolute atomic E-state index is 12.4. The van der Waals surface area contributed by atoms with Gasteiger partial charge in [-0.2, -0.15) is 0 Å². The minimum atomic E-state index is -1.82. The van der Waals surface area contributed by atoms with Crippen LogP contribution in [0, 0.1) is 16.7 Å². The van der Waals surface area contributed by atoms with Crippen molar-refractivity contribution in [3.63, 3.8) is 0 Å². The van der Waals surface area contributed by atoms with Crippen molar-refractivity contribution < 1.29 is 29.3 Å². The Bertz CT molecular complexity index is 804. The van der Waals surface area contributed by atoms with Gasteiger partial charge in [0, 0.05) is 17.4 Å². The Kier molecular flexibility index (Phi) is 5.62. The Balaban J connectivity index is 1.98. The van der Waals surface area contributed by atoms with E-state index in [4.69, 9.17) is 9.47 Å². The topological polar surface area (TPSA) is 93.1 Å². The van der Waals surface area contributed by atoms with E-state index in [1.165, 1.54) is 12.2 Å². The summed E-state index contributed by atoms with van der Waals surface area (Å²) in [4.78, 5) is 24.8. The number of carbonyl (C=O) groups excluding carboxylic acids is 2. The van der Waals surface area contributed by atoms with Crippen LogP contribution in [-0.2, 0) is 19.1 Å². The van der Waals surface area contributed by atoms with E-state index in [1.54, 1.807) is 18.2 Å². The Labute approximate surface area is 171 Å². The molecule has 0 unspecified atom stereocenters. The van der Waals surface area contributed by atoms with Crippen LogP contribution < -0.4 is 0 Å². The monoisotopic (exact) mass is 402 g/mol. The van der Waals surface area contributed by atoms with Gasteiger partial charge in [0.15, 0.2) is 5.60 Å². The first-order chi connectivity index (χ1) is 13.6. The third-order valence-electron chi connectivity index (χ3n) is 6.79. The lowest BCUT2D eigenvalue weighted by molar-refractivity contribution is -0.242. The molecule has 6 nitrogen and oxygen atoms in total. The molecule has 2 aliphatic carbocycles. The fraction of sp³-hybridized carbons (Fsp3) is 0.565. The van der Waals surface area contributed by atoms with E-state index in [1.807, 2.05) is 26.0 Å². The molecule has 5 atom stereocenters. The quantitative estimate of drug-likeness (QED) is 0.427. The van der Waals surface area contributed by atoms with Crippen molar-refractivity contribution >= 4 is 11.9 Å². The van der Waals surface area contributed by atoms with Crippen LogP contribution in [0.3, 0.4) is 0 Å². The van der Waals surface area contributed by atoms with E-state index >= 15 is 0 Å². The Morgan fingerprint density at radius 3 is 2.59 bits per heavy atom. The molecule has 0 spiro atoms. The lowest BCUT2D eigenvalue weighted by atomic mass is 9.46. The number of aliphatic hydroxyl groups is 2. The van der Waals surface area contributed by atoms with Crippen LogP contribution in [0.25, 0.3) is 0 Å². The summed E-state index contributed by atoms with van der Waals surface area (Å²) in [5.74, 6) is -1.59. The van der Waals surface area contributed by atoms with Gasteiger partial charge < -0.3 is 19.7 Å². The first-order valence-electron chi connectivity index (χ1n) is 10.1. The predicted molar refractivity (Wildman–Crippen MR) is 107 cm³/mol. The van der Waals surface area contributed by atoms with E-state index in [9.17, 15) is 19.8 Å². The number of hydrogen-bond acceptors (Lipinski definition) is 6. The third-order valence-corrected chi connectivity index (χ3v) is 6.79. The molecule has 0 radical (unpaired) electrons. The predicted octanol–water partition coefficient (Wildman–Crippen LogP) is 2.97. The summed E-state index contributed by atoms with van der Waals surface area (Å²) in [6.07, 6.45) is 11.6. The molecule has 0 aromatic carbocycles. The second-order valence-corrected chi connectivity index (χ2v) is 9.01. The number of hydrogen-bond donors (Lipinski definition) is 2. The lowest BCUT2D eigenvalue weighted by Gasteiger charge is -2.60. The number of aliphatic hydroxyl groups excluding tert-OH is 1. The van der Waals surface area contributed by atoms with Gasteiger partial charge in [-0.25, -0.2) is 9.59 Å². The number of fused-ring (bicyclic) bond motifs is 3. The SMILES string of the molecule is C/C=C/C=C/C=C/C(=O)O[C@@H]1C=C2C(=O)O[C@@H](O)[C@]2(O)[C@@]2(C)CCCC(C)(C)[C@H]12. The summed E-state index contributed by atoms with van der Waals surface area (Å²) in [7, 11) is 0. The number of ether oxygens (including phenoxy) is 2. The summed E-state index contributed by atoms with van der Waals surface area (Å²) in [6.45, 7) is 7.89. The molecule has 2 N–H and O–H groups in total. The molecule has 0 aromatic rings. The van der Waals surface area contributed by atoms with Gasteiger partial charge in [-0.15, -0.1) is 0 Å². The zero-order valence-electron chi connectivity index (χ0n) is 17.4. The summed E-state index contributed by atoms with van der Waals surface area (Å²) in [6, 6.07) is 0. The van der Waals surface area contributed by atoms with E-state index in [0.717, 1.165) is 12.8 Å². The molecule has 1 saturated heterocycles. The summed E-state index contributed by atoms with van der Waals surface area (Å²) < 4.78 is 10.7. The molecule has 1 aliphatic heterocycles. The molecule has 2 fully saturated rings. The minimum Gasteiger partial charge on any atom is -0.455 e. The molecular formula is C23H30O6. The van der Waals surface area contributed by atoms with E-state index in [-0.39, 0.29) is 16.9 Å². The standard InChI is InChI=1S/C23H30O6/c1-5-6-7-8-9-11-17(24)28-16-14-15-19(25)29-20(26)23(15,27)22(4)13-10-12-21(2,3)18(16)22/h5-9,11,14,16,18,20,26-27H,10,12-13H2,1-4H3/b6-5+,8-7+,11-9+/t16-,18+,20-,22+,23+/m1/s1. The minimum absolute atomic E-state index is 0.0174. The maximum Gasteiger partial charge on any atom is 0.339 e. The van der Waals surface area contributed by atoms with Crippen LogP contribution in [0.1, 0.15) is 47.0 Å². The number of carbonyl (C=O) groups is 2. The van der Waals surface area contributed by atoms with Crippen LogP contribution in [0.4, 0.5) is 0 Å². The first kappa shape index (κ1) is 21.5. The van der Waals surface area contributed by atoms with Crippen LogP contribution >= 0.6 is 0 Å². The zero-order chi connectivity index (χ0) is 21.4. The van der Waals surface area contributed by atoms with E-state index in [2.05, 4.69) is 13.8 Å². The highest BCUT2D eigenvalue weighted by molar-refractivity contribution is 5.94. The molecule has 3 rings (SSSR count). The van der Waals surface area contributed by atoms with Gasteiger partial charge >= 0.3 is 11.9 Å². The second kappa shape index (κ2) is 7.58. The number of esters is 2. The summed E-state index contributed by atoms with van der Waals surface area (Å²) >= 11 is 0. The van der Waals surface area contributed by atoms with Crippen molar-refractivity contribution in [2.75, 3.05) is 0 Å². The van der Waals surface area contributed by atoms with Gasteiger partial charge in [0.05, 0.1) is 5.57 Å². The highest BCUT2D eigenvalue weighted by Crippen LogP contribution is 2.64. The van der Waals surface area contributed by atoms with Gasteiger partial charge in [-0.1, -0.05) is 57.6 Å². The molecule has 29 heavy (non-hydrogen) atoms. The van der Waals surface area contributed by atoms with Crippen LogP contribution in [-0.4, -0.2) is 40.1 Å². The first-order valence-corrected chi connectivity index (χ1v) is 10.1. The molecule has 1 heterocycles. The molecule has 0 amide bonds. The fourth-order valence-electron chi connectivity index (χ4n) is 5.55. The normalized spacial score (nSPS) is 38.8. The average Bonchev–Trinajstić information content (AvgIpc) is 2.85. The fourth-order valence-corrected chi connectivity index (χ4v) is 5.55. The van der Waals surface area contributed by atoms with Gasteiger partial charge in [0.25, 0.3) is 0 Å². The number of rotatable bonds is 4. The largest absolute Gasteiger partial charge is 0.455 e. The smallest absolute Gasteiger partial charge is 0.339 e. The van der Waals surface area contributed by atoms with Gasteiger partial charge in [0.1, 0.15) is 6.10 Å². The van der Waals surface area contributed by atoms with E-state index in [0.29, 0.717) is 6.42 Å². The van der Waals surface area contributed by atoms with Crippen molar-refractivity contribution in [1.29, 1.82) is 0 Å². The van der Waals surface area contributed by atoms with Gasteiger partial charge in [-0.3, -0.25) is 0 Å². The van der Waals surface area contributed by atoms with Crippen LogP contribution in [0.2, 0.25) is 0 Å². The number of cyclic esters (lactones) is 1. The highest BCUT2D eigenvalue weighted by Gasteiger charge is 2.71. The van der Waals surface area contributed by atoms with Crippen LogP contribution in [0.5, 0.6) is 0 Å². The summed E-state index contributed by atoms with van der Waals surface area (Å²) in [5.41, 5.74) is -3.00. The summed E-state index contributed by atoms with van der Waals surface area (Å²) in [5, 5.41) is 21.9. The molecular weight excluding hydrogens is 372 g/mol. The Morgan fingerprint density at radius 2 is 1.90 bits per heavy atom.